The fourth-order valence-electron chi connectivity index (χ4n) is 8.61. The van der Waals surface area contributed by atoms with Crippen LogP contribution in [0, 0.1) is 17.3 Å². The summed E-state index contributed by atoms with van der Waals surface area (Å²) >= 11 is 1.68. The Kier molecular flexibility index (Phi) is 10.2. The van der Waals surface area contributed by atoms with Crippen molar-refractivity contribution >= 4 is 40.0 Å². The molecule has 2 saturated carbocycles. The number of hydrogen-bond acceptors (Lipinski definition) is 8. The van der Waals surface area contributed by atoms with E-state index in [4.69, 9.17) is 19.4 Å². The Hall–Kier alpha value is -3.53. The highest BCUT2D eigenvalue weighted by atomic mass is 32.1. The van der Waals surface area contributed by atoms with Gasteiger partial charge in [0.2, 0.25) is 5.91 Å². The van der Waals surface area contributed by atoms with E-state index in [0.29, 0.717) is 31.3 Å². The number of hydrogen-bond donors (Lipinski definition) is 0. The van der Waals surface area contributed by atoms with Crippen LogP contribution in [0.4, 0.5) is 0 Å². The maximum absolute atomic E-state index is 14.2. The number of benzene rings is 1. The number of nitrogens with zero attached hydrogens (tertiary/aromatic N) is 4. The van der Waals surface area contributed by atoms with E-state index in [-0.39, 0.29) is 48.6 Å². The zero-order chi connectivity index (χ0) is 35.0. The topological polar surface area (TPSA) is 104 Å². The van der Waals surface area contributed by atoms with Crippen LogP contribution in [0.2, 0.25) is 0 Å². The van der Waals surface area contributed by atoms with Crippen molar-refractivity contribution in [2.45, 2.75) is 129 Å². The number of Topliss-reactive ketones (excluding diaryl/α,β-unsaturated/α-hetero) is 1. The number of allylic oxidation sites excluding steroid dienone is 2. The highest BCUT2D eigenvalue weighted by Crippen LogP contribution is 2.57. The molecule has 4 aliphatic rings. The summed E-state index contributed by atoms with van der Waals surface area (Å²) in [5, 5.41) is 3.18. The normalized spacial score (nSPS) is 28.7. The molecule has 0 bridgehead atoms. The smallest absolute Gasteiger partial charge is 0.313 e. The van der Waals surface area contributed by atoms with Gasteiger partial charge in [0.25, 0.3) is 6.01 Å². The van der Waals surface area contributed by atoms with Crippen molar-refractivity contribution in [1.29, 1.82) is 0 Å². The summed E-state index contributed by atoms with van der Waals surface area (Å²) in [5.74, 6) is -0.0734. The summed E-state index contributed by atoms with van der Waals surface area (Å²) in [5.41, 5.74) is 3.16. The third kappa shape index (κ3) is 6.76. The van der Waals surface area contributed by atoms with E-state index in [9.17, 15) is 14.4 Å². The number of carbonyl (C=O) groups is 3. The number of carbonyl (C=O) groups excluding carboxylic acids is 3. The first-order chi connectivity index (χ1) is 24.2. The molecule has 2 aromatic heterocycles. The van der Waals surface area contributed by atoms with Gasteiger partial charge in [-0.25, -0.2) is 4.98 Å². The van der Waals surface area contributed by atoms with E-state index in [1.165, 1.54) is 31.4 Å². The van der Waals surface area contributed by atoms with Crippen LogP contribution in [0.5, 0.6) is 6.01 Å². The van der Waals surface area contributed by atoms with Gasteiger partial charge in [0, 0.05) is 41.7 Å². The first-order valence-electron chi connectivity index (χ1n) is 19.0. The Labute approximate surface area is 299 Å². The number of aromatic nitrogens is 3. The molecule has 7 rings (SSSR count). The summed E-state index contributed by atoms with van der Waals surface area (Å²) in [6.45, 7) is 8.59. The van der Waals surface area contributed by atoms with Gasteiger partial charge in [-0.2, -0.15) is 4.98 Å². The zero-order valence-electron chi connectivity index (χ0n) is 30.1. The molecule has 5 atom stereocenters. The molecule has 9 nitrogen and oxygen atoms in total. The SMILES string of the molecule is CCOC(=O)[C@]12CC(=O)[C@@H]3C[C@@H](Oc4nc5c(-c6nc(C7CCCC7)cs6)cccc5n4C(C)C)CN3C(=O)[C@@H](C)CCCCC/C=C\[C@@H]1C2. The van der Waals surface area contributed by atoms with E-state index in [0.717, 1.165) is 53.7 Å². The second-order valence-electron chi connectivity index (χ2n) is 15.4. The zero-order valence-corrected chi connectivity index (χ0v) is 30.9. The quantitative estimate of drug-likeness (QED) is 0.180. The van der Waals surface area contributed by atoms with Crippen LogP contribution in [-0.4, -0.2) is 62.4 Å². The second-order valence-corrected chi connectivity index (χ2v) is 16.2. The lowest BCUT2D eigenvalue weighted by atomic mass is 9.91. The van der Waals surface area contributed by atoms with E-state index >= 15 is 0 Å². The number of thiazole rings is 1. The molecule has 3 aromatic rings. The highest BCUT2D eigenvalue weighted by molar-refractivity contribution is 7.13. The first-order valence-corrected chi connectivity index (χ1v) is 19.9. The predicted octanol–water partition coefficient (Wildman–Crippen LogP) is 8.43. The van der Waals surface area contributed by atoms with Gasteiger partial charge in [0.1, 0.15) is 16.6 Å². The average Bonchev–Trinajstić information content (AvgIpc) is 3.69. The van der Waals surface area contributed by atoms with Crippen molar-refractivity contribution in [3.8, 4) is 16.6 Å². The van der Waals surface area contributed by atoms with Crippen molar-refractivity contribution in [3.63, 3.8) is 0 Å². The lowest BCUT2D eigenvalue weighted by Crippen LogP contribution is -2.44. The molecule has 1 aromatic carbocycles. The summed E-state index contributed by atoms with van der Waals surface area (Å²) < 4.78 is 14.4. The monoisotopic (exact) mass is 700 g/mol. The molecule has 1 saturated heterocycles. The minimum absolute atomic E-state index is 0.0125. The Balaban J connectivity index is 1.18. The number of fused-ring (bicyclic) bond motifs is 3. The summed E-state index contributed by atoms with van der Waals surface area (Å²) in [6.07, 6.45) is 14.6. The Morgan fingerprint density at radius 2 is 1.88 bits per heavy atom. The van der Waals surface area contributed by atoms with Crippen molar-refractivity contribution in [3.05, 3.63) is 41.4 Å². The molecule has 0 unspecified atom stereocenters. The van der Waals surface area contributed by atoms with Crippen LogP contribution < -0.4 is 4.74 Å². The third-order valence-corrected chi connectivity index (χ3v) is 12.4. The number of rotatable bonds is 7. The van der Waals surface area contributed by atoms with Gasteiger partial charge >= 0.3 is 5.97 Å². The van der Waals surface area contributed by atoms with Gasteiger partial charge in [-0.15, -0.1) is 11.3 Å². The standard InChI is InChI=1S/C40H52N4O5S/c1-5-48-38(47)40-21-28(40)17-10-8-6-7-9-14-26(4)37(46)43-23-29(20-33(43)34(45)22-40)49-39-42-35-30(18-13-19-32(35)44(39)25(2)3)36-41-31(24-50-36)27-15-11-12-16-27/h10,13,17-19,24-29,33H,5-9,11-12,14-16,20-23H2,1-4H3/b17-10-/t26-,28+,29+,33-,40+/m0/s1. The molecule has 10 heteroatoms. The molecule has 2 aliphatic carbocycles. The molecule has 0 N–H and O–H groups in total. The molecule has 4 heterocycles. The summed E-state index contributed by atoms with van der Waals surface area (Å²) in [6, 6.07) is 6.12. The lowest BCUT2D eigenvalue weighted by molar-refractivity contribution is -0.152. The van der Waals surface area contributed by atoms with Crippen LogP contribution in [-0.2, 0) is 19.1 Å². The molecular weight excluding hydrogens is 649 g/mol. The van der Waals surface area contributed by atoms with Crippen molar-refractivity contribution < 1.29 is 23.9 Å². The van der Waals surface area contributed by atoms with Crippen LogP contribution in [0.3, 0.4) is 0 Å². The largest absolute Gasteiger partial charge is 0.466 e. The van der Waals surface area contributed by atoms with Crippen molar-refractivity contribution in [1.82, 2.24) is 19.4 Å². The molecule has 50 heavy (non-hydrogen) atoms. The molecule has 0 spiro atoms. The maximum Gasteiger partial charge on any atom is 0.313 e. The number of imidazole rings is 1. The van der Waals surface area contributed by atoms with E-state index < -0.39 is 17.6 Å². The fourth-order valence-corrected chi connectivity index (χ4v) is 9.53. The fraction of sp³-hybridized carbons (Fsp3) is 0.625. The minimum atomic E-state index is -0.849. The minimum Gasteiger partial charge on any atom is -0.466 e. The van der Waals surface area contributed by atoms with Gasteiger partial charge in [0.05, 0.1) is 35.8 Å². The molecule has 1 amide bonds. The molecular formula is C40H52N4O5S. The van der Waals surface area contributed by atoms with Gasteiger partial charge in [-0.1, -0.05) is 50.8 Å². The Bertz CT molecular complexity index is 1750. The number of amides is 1. The highest BCUT2D eigenvalue weighted by Gasteiger charge is 2.61. The Morgan fingerprint density at radius 1 is 1.08 bits per heavy atom. The number of ether oxygens (including phenoxy) is 2. The lowest BCUT2D eigenvalue weighted by Gasteiger charge is -2.27. The number of ketones is 1. The van der Waals surface area contributed by atoms with Gasteiger partial charge in [-0.05, 0) is 77.3 Å². The molecule has 268 valence electrons. The van der Waals surface area contributed by atoms with Crippen molar-refractivity contribution in [2.75, 3.05) is 13.2 Å². The summed E-state index contributed by atoms with van der Waals surface area (Å²) in [7, 11) is 0. The van der Waals surface area contributed by atoms with E-state index in [1.807, 2.05) is 6.92 Å². The molecule has 3 fully saturated rings. The van der Waals surface area contributed by atoms with Gasteiger partial charge in [0.15, 0.2) is 5.78 Å². The number of esters is 1. The van der Waals surface area contributed by atoms with Crippen LogP contribution in [0.25, 0.3) is 21.6 Å². The average molecular weight is 701 g/mol. The first kappa shape index (κ1) is 34.9. The summed E-state index contributed by atoms with van der Waals surface area (Å²) in [4.78, 5) is 53.5. The van der Waals surface area contributed by atoms with Gasteiger partial charge in [-0.3, -0.25) is 19.0 Å². The third-order valence-electron chi connectivity index (χ3n) is 11.5. The van der Waals surface area contributed by atoms with E-state index in [2.05, 4.69) is 54.1 Å². The van der Waals surface area contributed by atoms with E-state index in [1.54, 1.807) is 23.2 Å². The molecule has 2 aliphatic heterocycles. The number of para-hydroxylation sites is 1. The van der Waals surface area contributed by atoms with Crippen LogP contribution >= 0.6 is 11.3 Å². The maximum atomic E-state index is 14.2. The van der Waals surface area contributed by atoms with Gasteiger partial charge < -0.3 is 14.4 Å². The van der Waals surface area contributed by atoms with Crippen molar-refractivity contribution in [2.24, 2.45) is 17.3 Å². The molecule has 0 radical (unpaired) electrons. The van der Waals surface area contributed by atoms with Crippen LogP contribution in [0.1, 0.15) is 122 Å². The Morgan fingerprint density at radius 3 is 2.66 bits per heavy atom. The predicted molar refractivity (Wildman–Crippen MR) is 195 cm³/mol. The van der Waals surface area contributed by atoms with Crippen LogP contribution in [0.15, 0.2) is 35.7 Å². The second kappa shape index (κ2) is 14.6.